The molecule has 2 aliphatic rings. The van der Waals surface area contributed by atoms with Gasteiger partial charge in [-0.2, -0.15) is 0 Å². The fourth-order valence-corrected chi connectivity index (χ4v) is 9.58. The third kappa shape index (κ3) is 5.62. The van der Waals surface area contributed by atoms with Crippen LogP contribution in [0.25, 0.3) is 0 Å². The summed E-state index contributed by atoms with van der Waals surface area (Å²) in [6, 6.07) is 20.3. The fourth-order valence-electron chi connectivity index (χ4n) is 5.48. The molecule has 0 radical (unpaired) electrons. The molecular weight excluding hydrogens is 593 g/mol. The monoisotopic (exact) mass is 621 g/mol. The summed E-state index contributed by atoms with van der Waals surface area (Å²) in [4.78, 5) is 15.2. The van der Waals surface area contributed by atoms with Gasteiger partial charge in [0, 0.05) is 34.6 Å². The summed E-state index contributed by atoms with van der Waals surface area (Å²) in [5.41, 5.74) is 1.21. The van der Waals surface area contributed by atoms with Gasteiger partial charge in [0.05, 0.1) is 16.4 Å². The van der Waals surface area contributed by atoms with Gasteiger partial charge in [-0.05, 0) is 61.2 Å². The van der Waals surface area contributed by atoms with Crippen molar-refractivity contribution in [2.75, 3.05) is 24.6 Å². The number of hydrogen-bond donors (Lipinski definition) is 0. The maximum absolute atomic E-state index is 14.2. The minimum Gasteiger partial charge on any atom is -0.489 e. The van der Waals surface area contributed by atoms with E-state index in [4.69, 9.17) is 27.9 Å². The van der Waals surface area contributed by atoms with Crippen LogP contribution in [0, 0.1) is 5.92 Å². The lowest BCUT2D eigenvalue weighted by Gasteiger charge is -2.31. The largest absolute Gasteiger partial charge is 0.489 e. The fraction of sp³-hybridized carbons (Fsp3) is 0.345. The Hall–Kier alpha value is -2.59. The SMILES string of the molecule is O=C(C1CCS(=O)(=O)CC1)N1CCC(c2ccc(OCc3c(Cl)cccc3Cl)cc2)(S(=O)(=O)c2ccccc2)C1. The molecule has 40 heavy (non-hydrogen) atoms. The predicted molar refractivity (Wildman–Crippen MR) is 155 cm³/mol. The Morgan fingerprint density at radius 3 is 2.17 bits per heavy atom. The Labute approximate surface area is 244 Å². The third-order valence-electron chi connectivity index (χ3n) is 7.84. The zero-order valence-electron chi connectivity index (χ0n) is 21.6. The van der Waals surface area contributed by atoms with Crippen molar-refractivity contribution < 1.29 is 26.4 Å². The van der Waals surface area contributed by atoms with Crippen LogP contribution in [0.5, 0.6) is 5.75 Å². The van der Waals surface area contributed by atoms with E-state index >= 15 is 0 Å². The number of ether oxygens (including phenoxy) is 1. The number of benzene rings is 3. The Bertz CT molecular complexity index is 1580. The van der Waals surface area contributed by atoms with E-state index in [2.05, 4.69) is 0 Å². The molecule has 1 atom stereocenters. The lowest BCUT2D eigenvalue weighted by atomic mass is 9.97. The minimum atomic E-state index is -3.91. The molecule has 3 aromatic rings. The number of carbonyl (C=O) groups excluding carboxylic acids is 1. The molecule has 1 unspecified atom stereocenters. The Kier molecular flexibility index (Phi) is 8.21. The van der Waals surface area contributed by atoms with Gasteiger partial charge in [0.1, 0.15) is 26.9 Å². The van der Waals surface area contributed by atoms with Gasteiger partial charge in [-0.25, -0.2) is 16.8 Å². The van der Waals surface area contributed by atoms with E-state index in [-0.39, 0.29) is 61.3 Å². The molecular formula is C29H29Cl2NO6S2. The van der Waals surface area contributed by atoms with Crippen molar-refractivity contribution in [3.8, 4) is 5.75 Å². The van der Waals surface area contributed by atoms with Crippen LogP contribution in [0.1, 0.15) is 30.4 Å². The average molecular weight is 623 g/mol. The molecule has 5 rings (SSSR count). The number of halogens is 2. The van der Waals surface area contributed by atoms with Gasteiger partial charge in [-0.1, -0.05) is 59.6 Å². The molecule has 0 saturated carbocycles. The maximum atomic E-state index is 14.2. The van der Waals surface area contributed by atoms with Crippen LogP contribution in [0.4, 0.5) is 0 Å². The second-order valence-electron chi connectivity index (χ2n) is 10.3. The van der Waals surface area contributed by atoms with E-state index in [1.807, 2.05) is 0 Å². The summed E-state index contributed by atoms with van der Waals surface area (Å²) in [6.07, 6.45) is 0.742. The minimum absolute atomic E-state index is 0.0122. The van der Waals surface area contributed by atoms with Crippen LogP contribution >= 0.6 is 23.2 Å². The summed E-state index contributed by atoms with van der Waals surface area (Å²) in [5.74, 6) is -0.138. The van der Waals surface area contributed by atoms with E-state index in [9.17, 15) is 21.6 Å². The third-order valence-corrected chi connectivity index (χ3v) is 12.8. The van der Waals surface area contributed by atoms with E-state index in [1.165, 1.54) is 0 Å². The van der Waals surface area contributed by atoms with Gasteiger partial charge in [-0.15, -0.1) is 0 Å². The number of rotatable bonds is 7. The smallest absolute Gasteiger partial charge is 0.225 e. The van der Waals surface area contributed by atoms with Crippen LogP contribution in [0.2, 0.25) is 10.0 Å². The van der Waals surface area contributed by atoms with Crippen LogP contribution < -0.4 is 4.74 Å². The van der Waals surface area contributed by atoms with E-state index < -0.39 is 30.3 Å². The van der Waals surface area contributed by atoms with Crippen molar-refractivity contribution >= 4 is 48.8 Å². The molecule has 2 fully saturated rings. The number of likely N-dealkylation sites (tertiary alicyclic amines) is 1. The van der Waals surface area contributed by atoms with Crippen LogP contribution in [-0.4, -0.2) is 52.2 Å². The van der Waals surface area contributed by atoms with Gasteiger partial charge >= 0.3 is 0 Å². The zero-order chi connectivity index (χ0) is 28.5. The highest BCUT2D eigenvalue weighted by atomic mass is 35.5. The van der Waals surface area contributed by atoms with Crippen molar-refractivity contribution in [1.29, 1.82) is 0 Å². The molecule has 212 valence electrons. The van der Waals surface area contributed by atoms with Crippen LogP contribution in [0.15, 0.2) is 77.7 Å². The molecule has 0 aromatic heterocycles. The Morgan fingerprint density at radius 2 is 1.55 bits per heavy atom. The van der Waals surface area contributed by atoms with E-state index in [0.717, 1.165) is 0 Å². The lowest BCUT2D eigenvalue weighted by Crippen LogP contribution is -2.43. The quantitative estimate of drug-likeness (QED) is 0.355. The highest BCUT2D eigenvalue weighted by molar-refractivity contribution is 7.92. The van der Waals surface area contributed by atoms with Gasteiger partial charge in [0.15, 0.2) is 9.84 Å². The molecule has 2 heterocycles. The van der Waals surface area contributed by atoms with Crippen molar-refractivity contribution in [1.82, 2.24) is 4.90 Å². The van der Waals surface area contributed by atoms with E-state index in [1.54, 1.807) is 77.7 Å². The number of hydrogen-bond acceptors (Lipinski definition) is 6. The van der Waals surface area contributed by atoms with Crippen LogP contribution in [0.3, 0.4) is 0 Å². The average Bonchev–Trinajstić information content (AvgIpc) is 3.41. The first-order valence-electron chi connectivity index (χ1n) is 13.0. The number of sulfone groups is 2. The first kappa shape index (κ1) is 28.9. The molecule has 0 spiro atoms. The highest BCUT2D eigenvalue weighted by Gasteiger charge is 2.52. The summed E-state index contributed by atoms with van der Waals surface area (Å²) in [5, 5.41) is 0.978. The summed E-state index contributed by atoms with van der Waals surface area (Å²) in [6.45, 7) is 0.393. The van der Waals surface area contributed by atoms with Gasteiger partial charge < -0.3 is 9.64 Å². The van der Waals surface area contributed by atoms with Crippen molar-refractivity contribution in [3.63, 3.8) is 0 Å². The predicted octanol–water partition coefficient (Wildman–Crippen LogP) is 5.30. The van der Waals surface area contributed by atoms with Crippen LogP contribution in [-0.2, 0) is 35.8 Å². The summed E-state index contributed by atoms with van der Waals surface area (Å²) < 4.78 is 56.6. The van der Waals surface area contributed by atoms with Crippen molar-refractivity contribution in [3.05, 3.63) is 94.0 Å². The summed E-state index contributed by atoms with van der Waals surface area (Å²) in [7, 11) is -7.04. The van der Waals surface area contributed by atoms with Crippen molar-refractivity contribution in [2.24, 2.45) is 5.92 Å². The first-order valence-corrected chi connectivity index (χ1v) is 17.0. The molecule has 0 aliphatic carbocycles. The first-order chi connectivity index (χ1) is 19.0. The van der Waals surface area contributed by atoms with Gasteiger partial charge in [-0.3, -0.25) is 4.79 Å². The van der Waals surface area contributed by atoms with E-state index in [0.29, 0.717) is 26.9 Å². The molecule has 7 nitrogen and oxygen atoms in total. The van der Waals surface area contributed by atoms with Gasteiger partial charge in [0.2, 0.25) is 5.91 Å². The molecule has 1 amide bonds. The Balaban J connectivity index is 1.42. The topological polar surface area (TPSA) is 97.8 Å². The molecule has 3 aromatic carbocycles. The second-order valence-corrected chi connectivity index (χ2v) is 15.6. The Morgan fingerprint density at radius 1 is 0.925 bits per heavy atom. The van der Waals surface area contributed by atoms with Crippen molar-refractivity contribution in [2.45, 2.75) is 35.5 Å². The molecule has 2 saturated heterocycles. The highest BCUT2D eigenvalue weighted by Crippen LogP contribution is 2.44. The molecule has 2 aliphatic heterocycles. The second kappa shape index (κ2) is 11.4. The zero-order valence-corrected chi connectivity index (χ0v) is 24.8. The molecule has 0 N–H and O–H groups in total. The normalized spacial score (nSPS) is 21.3. The summed E-state index contributed by atoms with van der Waals surface area (Å²) >= 11 is 12.5. The number of amides is 1. The maximum Gasteiger partial charge on any atom is 0.225 e. The lowest BCUT2D eigenvalue weighted by molar-refractivity contribution is -0.134. The standard InChI is InChI=1S/C29H29Cl2NO6S2/c30-26-7-4-8-27(31)25(26)19-38-23-11-9-22(10-12-23)29(40(36,37)24-5-2-1-3-6-24)15-16-32(20-29)28(33)21-13-17-39(34,35)18-14-21/h1-12,21H,13-20H2. The molecule has 0 bridgehead atoms. The number of carbonyl (C=O) groups is 1. The van der Waals surface area contributed by atoms with Gasteiger partial charge in [0.25, 0.3) is 0 Å². The molecule has 11 heteroatoms. The number of nitrogens with zero attached hydrogens (tertiary/aromatic N) is 1.